The van der Waals surface area contributed by atoms with Gasteiger partial charge in [-0.05, 0) is 19.9 Å². The number of ether oxygens (including phenoxy) is 2. The van der Waals surface area contributed by atoms with Crippen LogP contribution >= 0.6 is 0 Å². The first-order chi connectivity index (χ1) is 6.95. The highest BCUT2D eigenvalue weighted by molar-refractivity contribution is 5.35. The lowest BCUT2D eigenvalue weighted by Crippen LogP contribution is -2.01. The molecule has 0 aromatic heterocycles. The third-order valence-electron chi connectivity index (χ3n) is 2.55. The molecule has 0 saturated carbocycles. The summed E-state index contributed by atoms with van der Waals surface area (Å²) in [5.74, 6) is -1.15. The molecule has 1 aliphatic heterocycles. The van der Waals surface area contributed by atoms with Gasteiger partial charge in [-0.25, -0.2) is 8.78 Å². The first kappa shape index (κ1) is 10.4. The second-order valence-electron chi connectivity index (χ2n) is 4.11. The van der Waals surface area contributed by atoms with E-state index in [-0.39, 0.29) is 17.4 Å². The van der Waals surface area contributed by atoms with Crippen LogP contribution < -0.4 is 4.74 Å². The van der Waals surface area contributed by atoms with Gasteiger partial charge in [-0.15, -0.1) is 0 Å². The van der Waals surface area contributed by atoms with E-state index in [0.717, 1.165) is 12.1 Å². The predicted molar refractivity (Wildman–Crippen MR) is 50.8 cm³/mol. The molecule has 15 heavy (non-hydrogen) atoms. The second kappa shape index (κ2) is 3.17. The lowest BCUT2D eigenvalue weighted by molar-refractivity contribution is 0.322. The van der Waals surface area contributed by atoms with Crippen LogP contribution in [0.1, 0.15) is 25.5 Å². The molecule has 0 bridgehead atoms. The minimum atomic E-state index is -0.569. The van der Waals surface area contributed by atoms with Gasteiger partial charge in [0.15, 0.2) is 11.6 Å². The molecule has 0 N–H and O–H groups in total. The van der Waals surface area contributed by atoms with Crippen LogP contribution in [0.3, 0.4) is 0 Å². The molecule has 82 valence electrons. The molecule has 4 heteroatoms. The fourth-order valence-electron chi connectivity index (χ4n) is 1.61. The van der Waals surface area contributed by atoms with E-state index >= 15 is 0 Å². The molecular weight excluding hydrogens is 202 g/mol. The molecule has 0 spiro atoms. The normalized spacial score (nSPS) is 22.6. The fraction of sp³-hybridized carbons (Fsp3) is 0.455. The van der Waals surface area contributed by atoms with Gasteiger partial charge < -0.3 is 9.47 Å². The van der Waals surface area contributed by atoms with Crippen LogP contribution in [0.5, 0.6) is 5.75 Å². The Morgan fingerprint density at radius 3 is 2.33 bits per heavy atom. The molecule has 0 radical (unpaired) electrons. The van der Waals surface area contributed by atoms with Gasteiger partial charge in [0.25, 0.3) is 0 Å². The van der Waals surface area contributed by atoms with Crippen LogP contribution in [0.25, 0.3) is 0 Å². The Morgan fingerprint density at radius 1 is 1.27 bits per heavy atom. The van der Waals surface area contributed by atoms with E-state index in [4.69, 9.17) is 4.74 Å². The summed E-state index contributed by atoms with van der Waals surface area (Å²) in [5.41, 5.74) is -0.152. The molecule has 1 atom stereocenters. The lowest BCUT2D eigenvalue weighted by atomic mass is 10.0. The summed E-state index contributed by atoms with van der Waals surface area (Å²) in [7, 11) is 1.30. The topological polar surface area (TPSA) is 21.8 Å². The maximum absolute atomic E-state index is 13.5. The largest absolute Gasteiger partial charge is 0.494 e. The van der Waals surface area contributed by atoms with Crippen LogP contribution in [0.4, 0.5) is 8.78 Å². The first-order valence-corrected chi connectivity index (χ1v) is 4.66. The Bertz CT molecular complexity index is 402. The van der Waals surface area contributed by atoms with E-state index in [9.17, 15) is 8.78 Å². The Hall–Kier alpha value is -1.16. The zero-order valence-corrected chi connectivity index (χ0v) is 8.80. The van der Waals surface area contributed by atoms with Crippen molar-refractivity contribution in [1.82, 2.24) is 0 Å². The maximum atomic E-state index is 13.5. The van der Waals surface area contributed by atoms with Crippen molar-refractivity contribution in [3.63, 3.8) is 0 Å². The standard InChI is InChI=1S/C11H12F2O2/c1-11(2)10(15-11)6-4-8(13)9(14-3)5-7(6)12/h4-5,10H,1-3H3. The molecule has 2 rings (SSSR count). The van der Waals surface area contributed by atoms with E-state index in [1.54, 1.807) is 0 Å². The number of rotatable bonds is 2. The summed E-state index contributed by atoms with van der Waals surface area (Å²) < 4.78 is 36.8. The van der Waals surface area contributed by atoms with Crippen LogP contribution in [0.15, 0.2) is 12.1 Å². The Morgan fingerprint density at radius 2 is 1.87 bits per heavy atom. The molecule has 0 amide bonds. The summed E-state index contributed by atoms with van der Waals surface area (Å²) in [4.78, 5) is 0. The summed E-state index contributed by atoms with van der Waals surface area (Å²) in [6.45, 7) is 3.67. The quantitative estimate of drug-likeness (QED) is 0.706. The van der Waals surface area contributed by atoms with Crippen molar-refractivity contribution in [3.05, 3.63) is 29.3 Å². The molecule has 0 aliphatic carbocycles. The average Bonchev–Trinajstić information content (AvgIpc) is 2.78. The van der Waals surface area contributed by atoms with Crippen LogP contribution in [0.2, 0.25) is 0 Å². The highest BCUT2D eigenvalue weighted by Gasteiger charge is 2.50. The van der Waals surface area contributed by atoms with Crippen LogP contribution in [-0.4, -0.2) is 12.7 Å². The Kier molecular flexibility index (Phi) is 2.19. The fourth-order valence-corrected chi connectivity index (χ4v) is 1.61. The minimum absolute atomic E-state index is 0.0882. The highest BCUT2D eigenvalue weighted by atomic mass is 19.1. The number of epoxide rings is 1. The molecule has 1 heterocycles. The van der Waals surface area contributed by atoms with Gasteiger partial charge in [-0.2, -0.15) is 0 Å². The number of benzene rings is 1. The number of hydrogen-bond acceptors (Lipinski definition) is 2. The van der Waals surface area contributed by atoms with Crippen molar-refractivity contribution >= 4 is 0 Å². The van der Waals surface area contributed by atoms with Gasteiger partial charge >= 0.3 is 0 Å². The van der Waals surface area contributed by atoms with E-state index < -0.39 is 17.2 Å². The van der Waals surface area contributed by atoms with Gasteiger partial charge in [-0.3, -0.25) is 0 Å². The maximum Gasteiger partial charge on any atom is 0.165 e. The van der Waals surface area contributed by atoms with Gasteiger partial charge in [0.05, 0.1) is 12.7 Å². The Labute approximate surface area is 86.8 Å². The van der Waals surface area contributed by atoms with E-state index in [1.165, 1.54) is 7.11 Å². The first-order valence-electron chi connectivity index (χ1n) is 4.66. The van der Waals surface area contributed by atoms with E-state index in [1.807, 2.05) is 13.8 Å². The summed E-state index contributed by atoms with van der Waals surface area (Å²) >= 11 is 0. The third kappa shape index (κ3) is 1.69. The summed E-state index contributed by atoms with van der Waals surface area (Å²) in [6.07, 6.45) is -0.363. The predicted octanol–water partition coefficient (Wildman–Crippen LogP) is 2.82. The zero-order chi connectivity index (χ0) is 11.2. The summed E-state index contributed by atoms with van der Waals surface area (Å²) in [5, 5.41) is 0. The van der Waals surface area contributed by atoms with E-state index in [2.05, 4.69) is 4.74 Å². The monoisotopic (exact) mass is 214 g/mol. The van der Waals surface area contributed by atoms with Crippen molar-refractivity contribution in [2.24, 2.45) is 0 Å². The van der Waals surface area contributed by atoms with Crippen LogP contribution in [-0.2, 0) is 4.74 Å². The molecule has 1 aliphatic rings. The van der Waals surface area contributed by atoms with Gasteiger partial charge in [-0.1, -0.05) is 0 Å². The average molecular weight is 214 g/mol. The molecule has 2 nitrogen and oxygen atoms in total. The summed E-state index contributed by atoms with van der Waals surface area (Å²) in [6, 6.07) is 2.18. The van der Waals surface area contributed by atoms with Crippen molar-refractivity contribution in [3.8, 4) is 5.75 Å². The van der Waals surface area contributed by atoms with Gasteiger partial charge in [0.1, 0.15) is 11.9 Å². The Balaban J connectivity index is 2.38. The molecule has 1 fully saturated rings. The van der Waals surface area contributed by atoms with Crippen molar-refractivity contribution in [2.45, 2.75) is 25.6 Å². The minimum Gasteiger partial charge on any atom is -0.494 e. The third-order valence-corrected chi connectivity index (χ3v) is 2.55. The molecule has 1 unspecified atom stereocenters. The number of halogens is 2. The van der Waals surface area contributed by atoms with Crippen molar-refractivity contribution in [2.75, 3.05) is 7.11 Å². The molecule has 1 aromatic rings. The van der Waals surface area contributed by atoms with E-state index in [0.29, 0.717) is 0 Å². The van der Waals surface area contributed by atoms with Gasteiger partial charge in [0.2, 0.25) is 0 Å². The number of methoxy groups -OCH3 is 1. The van der Waals surface area contributed by atoms with Gasteiger partial charge in [0, 0.05) is 11.6 Å². The second-order valence-corrected chi connectivity index (χ2v) is 4.11. The van der Waals surface area contributed by atoms with Crippen molar-refractivity contribution in [1.29, 1.82) is 0 Å². The SMILES string of the molecule is COc1cc(F)c(C2OC2(C)C)cc1F. The van der Waals surface area contributed by atoms with Crippen molar-refractivity contribution < 1.29 is 18.3 Å². The molecular formula is C11H12F2O2. The molecule has 1 aromatic carbocycles. The highest BCUT2D eigenvalue weighted by Crippen LogP contribution is 2.50. The number of hydrogen-bond donors (Lipinski definition) is 0. The van der Waals surface area contributed by atoms with Crippen LogP contribution in [0, 0.1) is 11.6 Å². The lowest BCUT2D eigenvalue weighted by Gasteiger charge is -2.05. The molecule has 1 saturated heterocycles. The smallest absolute Gasteiger partial charge is 0.165 e. The zero-order valence-electron chi connectivity index (χ0n) is 8.80.